The van der Waals surface area contributed by atoms with Crippen molar-refractivity contribution >= 4 is 17.2 Å². The summed E-state index contributed by atoms with van der Waals surface area (Å²) in [4.78, 5) is 15.9. The van der Waals surface area contributed by atoms with Crippen molar-refractivity contribution in [2.75, 3.05) is 20.2 Å². The smallest absolute Gasteiger partial charge is 0.387 e. The standard InChI is InChI=1S/C24H26F2N2O3S/c1-30-22-7-3-2-5-19(22)15-28(16-21-6-4-14-32-21)17-23(29)27-13-12-18-8-10-20(11-9-18)31-24(25)26/h2-11,14,24H,12-13,15-17H2,1H3,(H,27,29). The molecule has 0 aliphatic heterocycles. The number of hydrogen-bond acceptors (Lipinski definition) is 5. The maximum absolute atomic E-state index is 12.6. The van der Waals surface area contributed by atoms with E-state index in [1.54, 1.807) is 30.6 Å². The number of nitrogens with one attached hydrogen (secondary N) is 1. The van der Waals surface area contributed by atoms with Gasteiger partial charge in [-0.15, -0.1) is 11.3 Å². The molecule has 0 aliphatic rings. The first kappa shape index (κ1) is 23.7. The fourth-order valence-electron chi connectivity index (χ4n) is 3.31. The van der Waals surface area contributed by atoms with Gasteiger partial charge in [0.25, 0.3) is 0 Å². The van der Waals surface area contributed by atoms with Crippen LogP contribution in [0.3, 0.4) is 0 Å². The minimum absolute atomic E-state index is 0.0749. The average Bonchev–Trinajstić information content (AvgIpc) is 3.28. The third-order valence-corrected chi connectivity index (χ3v) is 5.66. The molecular weight excluding hydrogens is 434 g/mol. The van der Waals surface area contributed by atoms with Gasteiger partial charge in [0, 0.05) is 30.1 Å². The van der Waals surface area contributed by atoms with E-state index in [2.05, 4.69) is 21.0 Å². The second-order valence-electron chi connectivity index (χ2n) is 7.16. The summed E-state index contributed by atoms with van der Waals surface area (Å²) < 4.78 is 34.3. The van der Waals surface area contributed by atoms with E-state index < -0.39 is 6.61 Å². The van der Waals surface area contributed by atoms with Crippen molar-refractivity contribution < 1.29 is 23.0 Å². The number of amides is 1. The van der Waals surface area contributed by atoms with Gasteiger partial charge in [-0.25, -0.2) is 0 Å². The number of carbonyl (C=O) groups excluding carboxylic acids is 1. The summed E-state index contributed by atoms with van der Waals surface area (Å²) in [5.74, 6) is 0.839. The number of nitrogens with zero attached hydrogens (tertiary/aromatic N) is 1. The predicted octanol–water partition coefficient (Wildman–Crippen LogP) is 4.72. The zero-order valence-corrected chi connectivity index (χ0v) is 18.6. The summed E-state index contributed by atoms with van der Waals surface area (Å²) >= 11 is 1.66. The van der Waals surface area contributed by atoms with Gasteiger partial charge in [0.2, 0.25) is 5.91 Å². The molecule has 170 valence electrons. The minimum Gasteiger partial charge on any atom is -0.496 e. The maximum atomic E-state index is 12.6. The molecule has 1 heterocycles. The number of hydrogen-bond donors (Lipinski definition) is 1. The van der Waals surface area contributed by atoms with Crippen LogP contribution in [0.2, 0.25) is 0 Å². The van der Waals surface area contributed by atoms with Crippen LogP contribution in [0, 0.1) is 0 Å². The highest BCUT2D eigenvalue weighted by Crippen LogP contribution is 2.21. The van der Waals surface area contributed by atoms with Gasteiger partial charge >= 0.3 is 6.61 Å². The van der Waals surface area contributed by atoms with Crippen LogP contribution in [-0.4, -0.2) is 37.6 Å². The molecular formula is C24H26F2N2O3S. The van der Waals surface area contributed by atoms with E-state index in [4.69, 9.17) is 4.74 Å². The largest absolute Gasteiger partial charge is 0.496 e. The number of thiophene rings is 1. The molecule has 3 aromatic rings. The molecule has 0 spiro atoms. The monoisotopic (exact) mass is 460 g/mol. The molecule has 0 bridgehead atoms. The Morgan fingerprint density at radius 3 is 2.53 bits per heavy atom. The van der Waals surface area contributed by atoms with E-state index in [1.807, 2.05) is 35.7 Å². The third kappa shape index (κ3) is 7.62. The number of halogens is 2. The quantitative estimate of drug-likeness (QED) is 0.425. The number of carbonyl (C=O) groups is 1. The number of alkyl halides is 2. The van der Waals surface area contributed by atoms with Crippen molar-refractivity contribution in [3.05, 3.63) is 82.0 Å². The molecule has 8 heteroatoms. The van der Waals surface area contributed by atoms with Gasteiger partial charge < -0.3 is 14.8 Å². The number of para-hydroxylation sites is 1. The second kappa shape index (κ2) is 12.2. The highest BCUT2D eigenvalue weighted by Gasteiger charge is 2.15. The van der Waals surface area contributed by atoms with Crippen molar-refractivity contribution in [3.8, 4) is 11.5 Å². The van der Waals surface area contributed by atoms with Crippen LogP contribution in [0.5, 0.6) is 11.5 Å². The number of benzene rings is 2. The van der Waals surface area contributed by atoms with Crippen LogP contribution < -0.4 is 14.8 Å². The lowest BCUT2D eigenvalue weighted by molar-refractivity contribution is -0.122. The van der Waals surface area contributed by atoms with E-state index in [9.17, 15) is 13.6 Å². The summed E-state index contributed by atoms with van der Waals surface area (Å²) in [6.07, 6.45) is 0.595. The fourth-order valence-corrected chi connectivity index (χ4v) is 4.05. The van der Waals surface area contributed by atoms with E-state index in [1.165, 1.54) is 17.0 Å². The Kier molecular flexibility index (Phi) is 9.01. The van der Waals surface area contributed by atoms with Gasteiger partial charge in [-0.3, -0.25) is 9.69 Å². The zero-order valence-electron chi connectivity index (χ0n) is 17.8. The third-order valence-electron chi connectivity index (χ3n) is 4.80. The van der Waals surface area contributed by atoms with Crippen molar-refractivity contribution in [1.29, 1.82) is 0 Å². The number of methoxy groups -OCH3 is 1. The summed E-state index contributed by atoms with van der Waals surface area (Å²) in [6, 6.07) is 18.3. The second-order valence-corrected chi connectivity index (χ2v) is 8.19. The molecule has 0 saturated carbocycles. The highest BCUT2D eigenvalue weighted by atomic mass is 32.1. The van der Waals surface area contributed by atoms with E-state index in [-0.39, 0.29) is 18.2 Å². The molecule has 0 unspecified atom stereocenters. The molecule has 1 aromatic heterocycles. The van der Waals surface area contributed by atoms with E-state index >= 15 is 0 Å². The van der Waals surface area contributed by atoms with Crippen LogP contribution in [0.15, 0.2) is 66.0 Å². The molecule has 5 nitrogen and oxygen atoms in total. The molecule has 0 saturated heterocycles. The van der Waals surface area contributed by atoms with E-state index in [0.29, 0.717) is 26.1 Å². The molecule has 1 N–H and O–H groups in total. The topological polar surface area (TPSA) is 50.8 Å². The van der Waals surface area contributed by atoms with Crippen molar-refractivity contribution in [1.82, 2.24) is 10.2 Å². The lowest BCUT2D eigenvalue weighted by atomic mass is 10.1. The number of ether oxygens (including phenoxy) is 2. The van der Waals surface area contributed by atoms with Crippen LogP contribution in [0.25, 0.3) is 0 Å². The molecule has 0 radical (unpaired) electrons. The van der Waals surface area contributed by atoms with Gasteiger partial charge in [-0.2, -0.15) is 8.78 Å². The Labute approximate surface area is 190 Å². The molecule has 32 heavy (non-hydrogen) atoms. The average molecular weight is 461 g/mol. The molecule has 0 aliphatic carbocycles. The molecule has 2 aromatic carbocycles. The first-order valence-electron chi connectivity index (χ1n) is 10.2. The van der Waals surface area contributed by atoms with E-state index in [0.717, 1.165) is 16.9 Å². The van der Waals surface area contributed by atoms with Gasteiger partial charge in [0.05, 0.1) is 13.7 Å². The van der Waals surface area contributed by atoms with Crippen molar-refractivity contribution in [3.63, 3.8) is 0 Å². The molecule has 0 fully saturated rings. The lowest BCUT2D eigenvalue weighted by Crippen LogP contribution is -2.37. The van der Waals surface area contributed by atoms with Crippen LogP contribution >= 0.6 is 11.3 Å². The van der Waals surface area contributed by atoms with Gasteiger partial charge in [0.1, 0.15) is 11.5 Å². The van der Waals surface area contributed by atoms with Crippen LogP contribution in [0.1, 0.15) is 16.0 Å². The molecule has 3 rings (SSSR count). The Bertz CT molecular complexity index is 966. The van der Waals surface area contributed by atoms with Gasteiger partial charge in [-0.05, 0) is 41.6 Å². The first-order chi connectivity index (χ1) is 15.5. The van der Waals surface area contributed by atoms with Crippen molar-refractivity contribution in [2.24, 2.45) is 0 Å². The van der Waals surface area contributed by atoms with Gasteiger partial charge in [-0.1, -0.05) is 36.4 Å². The summed E-state index contributed by atoms with van der Waals surface area (Å²) in [5.41, 5.74) is 1.95. The Morgan fingerprint density at radius 2 is 1.84 bits per heavy atom. The Balaban J connectivity index is 1.53. The summed E-state index contributed by atoms with van der Waals surface area (Å²) in [5, 5.41) is 4.96. The Morgan fingerprint density at radius 1 is 1.06 bits per heavy atom. The van der Waals surface area contributed by atoms with Gasteiger partial charge in [0.15, 0.2) is 0 Å². The lowest BCUT2D eigenvalue weighted by Gasteiger charge is -2.22. The Hall–Kier alpha value is -2.97. The summed E-state index contributed by atoms with van der Waals surface area (Å²) in [6.45, 7) is -0.893. The fraction of sp³-hybridized carbons (Fsp3) is 0.292. The highest BCUT2D eigenvalue weighted by molar-refractivity contribution is 7.09. The maximum Gasteiger partial charge on any atom is 0.387 e. The van der Waals surface area contributed by atoms with Crippen LogP contribution in [-0.2, 0) is 24.3 Å². The minimum atomic E-state index is -2.84. The normalized spacial score (nSPS) is 11.0. The predicted molar refractivity (Wildman–Crippen MR) is 121 cm³/mol. The molecule has 1 amide bonds. The van der Waals surface area contributed by atoms with Crippen molar-refractivity contribution in [2.45, 2.75) is 26.1 Å². The van der Waals surface area contributed by atoms with Crippen LogP contribution in [0.4, 0.5) is 8.78 Å². The zero-order chi connectivity index (χ0) is 22.8. The summed E-state index contributed by atoms with van der Waals surface area (Å²) in [7, 11) is 1.64. The SMILES string of the molecule is COc1ccccc1CN(CC(=O)NCCc1ccc(OC(F)F)cc1)Cc1cccs1. The first-order valence-corrected chi connectivity index (χ1v) is 11.1. The molecule has 0 atom stereocenters. The number of rotatable bonds is 12.